The lowest BCUT2D eigenvalue weighted by Crippen LogP contribution is -2.12. The van der Waals surface area contributed by atoms with E-state index in [2.05, 4.69) is 25.8 Å². The molecule has 0 aliphatic heterocycles. The number of methoxy groups -OCH3 is 1. The van der Waals surface area contributed by atoms with Crippen molar-refractivity contribution in [3.05, 3.63) is 49.8 Å². The minimum absolute atomic E-state index is 0.0691. The van der Waals surface area contributed by atoms with Crippen molar-refractivity contribution in [3.63, 3.8) is 0 Å². The minimum atomic E-state index is -0.537. The van der Waals surface area contributed by atoms with E-state index >= 15 is 0 Å². The quantitative estimate of drug-likeness (QED) is 0.418. The molecule has 8 nitrogen and oxygen atoms in total. The molecule has 0 fully saturated rings. The molecule has 0 bridgehead atoms. The van der Waals surface area contributed by atoms with E-state index in [1.54, 1.807) is 24.3 Å². The van der Waals surface area contributed by atoms with Crippen molar-refractivity contribution in [2.24, 2.45) is 0 Å². The Balaban J connectivity index is 2.15. The van der Waals surface area contributed by atoms with Gasteiger partial charge in [-0.25, -0.2) is 4.79 Å². The number of carbonyl (C=O) groups is 1. The molecule has 0 saturated heterocycles. The number of aryl methyl sites for hydroxylation is 1. The summed E-state index contributed by atoms with van der Waals surface area (Å²) in [6.07, 6.45) is 3.11. The Morgan fingerprint density at radius 2 is 2.21 bits per heavy atom. The highest BCUT2D eigenvalue weighted by Gasteiger charge is 2.21. The summed E-state index contributed by atoms with van der Waals surface area (Å²) in [6.45, 7) is 1.30. The number of carbonyl (C=O) groups excluding carboxylic acids is 1. The van der Waals surface area contributed by atoms with Crippen molar-refractivity contribution >= 4 is 39.7 Å². The predicted octanol–water partition coefficient (Wildman–Crippen LogP) is 3.38. The highest BCUT2D eigenvalue weighted by atomic mass is 79.9. The van der Waals surface area contributed by atoms with Crippen molar-refractivity contribution < 1.29 is 23.7 Å². The minimum Gasteiger partial charge on any atom is -0.481 e. The van der Waals surface area contributed by atoms with E-state index in [0.29, 0.717) is 10.2 Å². The Bertz CT molecular complexity index is 799. The molecule has 0 aliphatic carbocycles. The number of nitro groups is 1. The third kappa shape index (κ3) is 4.19. The summed E-state index contributed by atoms with van der Waals surface area (Å²) in [5, 5.41) is 14.6. The van der Waals surface area contributed by atoms with Crippen LogP contribution in [0.15, 0.2) is 27.2 Å². The highest BCUT2D eigenvalue weighted by Crippen LogP contribution is 2.28. The zero-order valence-corrected chi connectivity index (χ0v) is 14.4. The third-order valence-corrected chi connectivity index (χ3v) is 3.62. The summed E-state index contributed by atoms with van der Waals surface area (Å²) in [6, 6.07) is 5.12. The van der Waals surface area contributed by atoms with Crippen molar-refractivity contribution in [3.8, 4) is 5.75 Å². The van der Waals surface area contributed by atoms with E-state index < -0.39 is 10.9 Å². The Morgan fingerprint density at radius 1 is 1.46 bits per heavy atom. The summed E-state index contributed by atoms with van der Waals surface area (Å²) in [7, 11) is 1.28. The smallest absolute Gasteiger partial charge is 0.343 e. The van der Waals surface area contributed by atoms with E-state index in [1.165, 1.54) is 20.1 Å². The Morgan fingerprint density at radius 3 is 2.83 bits per heavy atom. The van der Waals surface area contributed by atoms with Gasteiger partial charge in [-0.3, -0.25) is 10.1 Å². The maximum Gasteiger partial charge on any atom is 0.343 e. The molecule has 2 rings (SSSR count). The molecule has 0 radical (unpaired) electrons. The van der Waals surface area contributed by atoms with Crippen LogP contribution in [0.2, 0.25) is 0 Å². The van der Waals surface area contributed by atoms with Crippen molar-refractivity contribution in [1.82, 2.24) is 5.16 Å². The molecule has 0 spiro atoms. The van der Waals surface area contributed by atoms with Gasteiger partial charge in [0.2, 0.25) is 5.76 Å². The average molecular weight is 397 g/mol. The van der Waals surface area contributed by atoms with Gasteiger partial charge < -0.3 is 14.0 Å². The van der Waals surface area contributed by atoms with Gasteiger partial charge in [-0.15, -0.1) is 0 Å². The van der Waals surface area contributed by atoms with Gasteiger partial charge in [-0.2, -0.15) is 0 Å². The van der Waals surface area contributed by atoms with Gasteiger partial charge in [0.05, 0.1) is 16.5 Å². The van der Waals surface area contributed by atoms with Crippen LogP contribution >= 0.6 is 15.9 Å². The van der Waals surface area contributed by atoms with Gasteiger partial charge in [0.1, 0.15) is 5.75 Å². The lowest BCUT2D eigenvalue weighted by Gasteiger charge is -2.07. The summed E-state index contributed by atoms with van der Waals surface area (Å²) in [4.78, 5) is 21.5. The van der Waals surface area contributed by atoms with Gasteiger partial charge >= 0.3 is 11.7 Å². The van der Waals surface area contributed by atoms with Crippen LogP contribution in [0, 0.1) is 17.0 Å². The first kappa shape index (κ1) is 17.7. The van der Waals surface area contributed by atoms with Gasteiger partial charge in [0.25, 0.3) is 0 Å². The Kier molecular flexibility index (Phi) is 5.69. The van der Waals surface area contributed by atoms with Gasteiger partial charge in [-0.05, 0) is 46.6 Å². The molecule has 126 valence electrons. The molecular formula is C15H13BrN2O6. The molecule has 2 aromatic rings. The first-order valence-corrected chi connectivity index (χ1v) is 7.49. The molecule has 9 heteroatoms. The molecular weight excluding hydrogens is 384 g/mol. The predicted molar refractivity (Wildman–Crippen MR) is 88.5 cm³/mol. The second-order valence-electron chi connectivity index (χ2n) is 4.63. The van der Waals surface area contributed by atoms with Crippen LogP contribution in [0.4, 0.5) is 5.69 Å². The summed E-state index contributed by atoms with van der Waals surface area (Å²) >= 11 is 3.33. The Labute approximate surface area is 145 Å². The van der Waals surface area contributed by atoms with E-state index in [9.17, 15) is 14.9 Å². The fourth-order valence-electron chi connectivity index (χ4n) is 1.82. The normalized spacial score (nSPS) is 10.8. The van der Waals surface area contributed by atoms with Gasteiger partial charge in [0, 0.05) is 0 Å². The van der Waals surface area contributed by atoms with Crippen LogP contribution < -0.4 is 4.74 Å². The number of halogens is 1. The number of ether oxygens (including phenoxy) is 2. The number of nitrogens with zero attached hydrogens (tertiary/aromatic N) is 2. The van der Waals surface area contributed by atoms with Crippen LogP contribution in [0.1, 0.15) is 17.0 Å². The number of hydrogen-bond acceptors (Lipinski definition) is 7. The van der Waals surface area contributed by atoms with Crippen LogP contribution in [0.5, 0.6) is 5.75 Å². The average Bonchev–Trinajstić information content (AvgIpc) is 2.92. The van der Waals surface area contributed by atoms with Crippen LogP contribution in [-0.4, -0.2) is 29.8 Å². The number of esters is 1. The fourth-order valence-corrected chi connectivity index (χ4v) is 2.33. The number of hydrogen-bond donors (Lipinski definition) is 0. The summed E-state index contributed by atoms with van der Waals surface area (Å²) in [5.41, 5.74) is 0.798. The van der Waals surface area contributed by atoms with Crippen molar-refractivity contribution in [2.45, 2.75) is 6.92 Å². The first-order chi connectivity index (χ1) is 11.4. The molecule has 0 aliphatic rings. The zero-order valence-electron chi connectivity index (χ0n) is 12.8. The molecule has 1 aromatic carbocycles. The van der Waals surface area contributed by atoms with Crippen LogP contribution in [0.3, 0.4) is 0 Å². The topological polar surface area (TPSA) is 105 Å². The highest BCUT2D eigenvalue weighted by molar-refractivity contribution is 9.10. The maximum absolute atomic E-state index is 11.1. The fraction of sp³-hybridized carbons (Fsp3) is 0.200. The van der Waals surface area contributed by atoms with Crippen LogP contribution in [0.25, 0.3) is 12.2 Å². The first-order valence-electron chi connectivity index (χ1n) is 6.70. The zero-order chi connectivity index (χ0) is 17.7. The third-order valence-electron chi connectivity index (χ3n) is 3.00. The second-order valence-corrected chi connectivity index (χ2v) is 5.48. The molecule has 1 heterocycles. The van der Waals surface area contributed by atoms with E-state index in [1.807, 2.05) is 0 Å². The molecule has 0 N–H and O–H groups in total. The molecule has 0 amide bonds. The standard InChI is InChI=1S/C15H13BrN2O6/c1-9-15(18(20)21)13(24-17-9)6-4-10-3-5-12(11(16)7-10)23-8-14(19)22-2/h3-7H,8H2,1-2H3/b6-4-. The van der Waals surface area contributed by atoms with Gasteiger partial charge in [0.15, 0.2) is 12.3 Å². The summed E-state index contributed by atoms with van der Waals surface area (Å²) < 4.78 is 15.4. The van der Waals surface area contributed by atoms with Gasteiger partial charge in [-0.1, -0.05) is 17.3 Å². The summed E-state index contributed by atoms with van der Waals surface area (Å²) in [5.74, 6) is 0.0533. The molecule has 0 unspecified atom stereocenters. The number of benzene rings is 1. The largest absolute Gasteiger partial charge is 0.481 e. The molecule has 24 heavy (non-hydrogen) atoms. The maximum atomic E-state index is 11.1. The second kappa shape index (κ2) is 7.73. The monoisotopic (exact) mass is 396 g/mol. The lowest BCUT2D eigenvalue weighted by molar-refractivity contribution is -0.386. The number of rotatable bonds is 6. The Hall–Kier alpha value is -2.68. The van der Waals surface area contributed by atoms with Crippen LogP contribution in [-0.2, 0) is 9.53 Å². The van der Waals surface area contributed by atoms with Crippen molar-refractivity contribution in [1.29, 1.82) is 0 Å². The van der Waals surface area contributed by atoms with Crippen molar-refractivity contribution in [2.75, 3.05) is 13.7 Å². The molecule has 0 saturated carbocycles. The molecule has 1 aromatic heterocycles. The molecule has 0 atom stereocenters. The lowest BCUT2D eigenvalue weighted by atomic mass is 10.2. The SMILES string of the molecule is COC(=O)COc1ccc(/C=C\c2onc(C)c2[N+](=O)[O-])cc1Br. The van der Waals surface area contributed by atoms with E-state index in [-0.39, 0.29) is 23.7 Å². The van der Waals surface area contributed by atoms with E-state index in [0.717, 1.165) is 5.56 Å². The number of aromatic nitrogens is 1. The van der Waals surface area contributed by atoms with E-state index in [4.69, 9.17) is 9.26 Å².